The number of carbonyl (C=O) groups is 1. The summed E-state index contributed by atoms with van der Waals surface area (Å²) in [6.07, 6.45) is 0.0788. The summed E-state index contributed by atoms with van der Waals surface area (Å²) in [5.41, 5.74) is 7.36. The largest absolute Gasteiger partial charge is 0.399 e. The molecule has 1 aromatic heterocycles. The first kappa shape index (κ1) is 13.1. The van der Waals surface area contributed by atoms with Crippen LogP contribution < -0.4 is 11.1 Å². The molecule has 19 heavy (non-hydrogen) atoms. The third-order valence-electron chi connectivity index (χ3n) is 2.78. The van der Waals surface area contributed by atoms with Crippen molar-refractivity contribution in [3.63, 3.8) is 0 Å². The van der Waals surface area contributed by atoms with E-state index in [2.05, 4.69) is 10.5 Å². The number of nitrogen functional groups attached to an aromatic ring is 1. The molecule has 0 aliphatic heterocycles. The summed E-state index contributed by atoms with van der Waals surface area (Å²) in [4.78, 5) is 11.9. The van der Waals surface area contributed by atoms with Crippen molar-refractivity contribution in [3.05, 3.63) is 41.0 Å². The molecule has 5 nitrogen and oxygen atoms in total. The maximum Gasteiger partial charge on any atom is 0.229 e. The van der Waals surface area contributed by atoms with Gasteiger partial charge in [-0.1, -0.05) is 5.16 Å². The molecule has 1 aromatic carbocycles. The Morgan fingerprint density at radius 1 is 1.47 bits per heavy atom. The fraction of sp³-hybridized carbons (Fsp3) is 0.231. The number of halogens is 1. The van der Waals surface area contributed by atoms with Gasteiger partial charge in [-0.25, -0.2) is 4.39 Å². The minimum atomic E-state index is -0.527. The normalized spacial score (nSPS) is 10.5. The number of hydrogen-bond acceptors (Lipinski definition) is 4. The number of amides is 1. The lowest BCUT2D eigenvalue weighted by atomic mass is 10.1. The number of anilines is 2. The first-order valence-electron chi connectivity index (χ1n) is 5.74. The Morgan fingerprint density at radius 3 is 2.84 bits per heavy atom. The van der Waals surface area contributed by atoms with Crippen molar-refractivity contribution in [2.45, 2.75) is 20.3 Å². The Labute approximate surface area is 109 Å². The van der Waals surface area contributed by atoms with E-state index in [1.807, 2.05) is 0 Å². The maximum absolute atomic E-state index is 13.5. The summed E-state index contributed by atoms with van der Waals surface area (Å²) in [6.45, 7) is 3.48. The molecule has 0 atom stereocenters. The van der Waals surface area contributed by atoms with E-state index in [4.69, 9.17) is 10.3 Å². The Hall–Kier alpha value is -2.37. The minimum absolute atomic E-state index is 0.0664. The van der Waals surface area contributed by atoms with E-state index >= 15 is 0 Å². The molecular weight excluding hydrogens is 249 g/mol. The number of nitrogens with one attached hydrogen (secondary N) is 1. The van der Waals surface area contributed by atoms with Crippen molar-refractivity contribution in [1.82, 2.24) is 5.16 Å². The minimum Gasteiger partial charge on any atom is -0.399 e. The maximum atomic E-state index is 13.5. The molecule has 3 N–H and O–H groups in total. The van der Waals surface area contributed by atoms with E-state index in [9.17, 15) is 9.18 Å². The van der Waals surface area contributed by atoms with Crippen LogP contribution in [0, 0.1) is 19.7 Å². The van der Waals surface area contributed by atoms with Gasteiger partial charge in [0.05, 0.1) is 17.8 Å². The number of rotatable bonds is 3. The van der Waals surface area contributed by atoms with E-state index in [-0.39, 0.29) is 18.0 Å². The van der Waals surface area contributed by atoms with Crippen LogP contribution in [0.4, 0.5) is 15.8 Å². The zero-order chi connectivity index (χ0) is 14.0. The lowest BCUT2D eigenvalue weighted by molar-refractivity contribution is -0.115. The lowest BCUT2D eigenvalue weighted by Crippen LogP contribution is -2.16. The molecule has 2 rings (SSSR count). The monoisotopic (exact) mass is 263 g/mol. The third-order valence-corrected chi connectivity index (χ3v) is 2.78. The van der Waals surface area contributed by atoms with Crippen LogP contribution in [0.1, 0.15) is 17.0 Å². The van der Waals surface area contributed by atoms with Gasteiger partial charge in [0.2, 0.25) is 5.91 Å². The second kappa shape index (κ2) is 5.09. The van der Waals surface area contributed by atoms with E-state index in [1.165, 1.54) is 18.2 Å². The van der Waals surface area contributed by atoms with Gasteiger partial charge in [-0.15, -0.1) is 0 Å². The van der Waals surface area contributed by atoms with E-state index in [1.54, 1.807) is 13.8 Å². The molecule has 1 amide bonds. The van der Waals surface area contributed by atoms with Crippen molar-refractivity contribution in [1.29, 1.82) is 0 Å². The van der Waals surface area contributed by atoms with Gasteiger partial charge in [-0.3, -0.25) is 4.79 Å². The molecule has 0 bridgehead atoms. The first-order chi connectivity index (χ1) is 8.97. The topological polar surface area (TPSA) is 81.2 Å². The number of hydrogen-bond donors (Lipinski definition) is 2. The Kier molecular flexibility index (Phi) is 3.50. The molecule has 0 unspecified atom stereocenters. The second-order valence-corrected chi connectivity index (χ2v) is 4.27. The average Bonchev–Trinajstić information content (AvgIpc) is 2.65. The van der Waals surface area contributed by atoms with Gasteiger partial charge in [-0.05, 0) is 32.0 Å². The summed E-state index contributed by atoms with van der Waals surface area (Å²) in [6, 6.07) is 4.01. The van der Waals surface area contributed by atoms with Crippen LogP contribution in [-0.2, 0) is 11.2 Å². The molecule has 6 heteroatoms. The number of carbonyl (C=O) groups excluding carboxylic acids is 1. The molecule has 100 valence electrons. The molecule has 0 spiro atoms. The van der Waals surface area contributed by atoms with Gasteiger partial charge < -0.3 is 15.6 Å². The number of benzene rings is 1. The van der Waals surface area contributed by atoms with Gasteiger partial charge in [0.25, 0.3) is 0 Å². The smallest absolute Gasteiger partial charge is 0.229 e. The fourth-order valence-electron chi connectivity index (χ4n) is 1.75. The highest BCUT2D eigenvalue weighted by Gasteiger charge is 2.14. The summed E-state index contributed by atoms with van der Waals surface area (Å²) in [7, 11) is 0. The molecule has 2 aromatic rings. The predicted octanol–water partition coefficient (Wildman–Crippen LogP) is 2.19. The molecule has 0 saturated carbocycles. The summed E-state index contributed by atoms with van der Waals surface area (Å²) >= 11 is 0. The fourth-order valence-corrected chi connectivity index (χ4v) is 1.75. The van der Waals surface area contributed by atoms with Crippen molar-refractivity contribution >= 4 is 17.3 Å². The first-order valence-corrected chi connectivity index (χ1v) is 5.74. The Morgan fingerprint density at radius 2 is 2.21 bits per heavy atom. The standard InChI is InChI=1S/C13H14FN3O2/c1-7-10(8(2)19-17-7)6-13(18)16-12-5-9(15)3-4-11(12)14/h3-5H,6,15H2,1-2H3,(H,16,18). The van der Waals surface area contributed by atoms with Crippen molar-refractivity contribution in [2.75, 3.05) is 11.1 Å². The van der Waals surface area contributed by atoms with Gasteiger partial charge in [0.15, 0.2) is 0 Å². The highest BCUT2D eigenvalue weighted by Crippen LogP contribution is 2.19. The zero-order valence-electron chi connectivity index (χ0n) is 10.7. The highest BCUT2D eigenvalue weighted by atomic mass is 19.1. The summed E-state index contributed by atoms with van der Waals surface area (Å²) in [5.74, 6) is -0.291. The highest BCUT2D eigenvalue weighted by molar-refractivity contribution is 5.93. The zero-order valence-corrected chi connectivity index (χ0v) is 10.7. The van der Waals surface area contributed by atoms with Crippen molar-refractivity contribution in [3.8, 4) is 0 Å². The van der Waals surface area contributed by atoms with Crippen LogP contribution in [0.2, 0.25) is 0 Å². The Balaban J connectivity index is 2.12. The lowest BCUT2D eigenvalue weighted by Gasteiger charge is -2.07. The molecule has 0 aliphatic carbocycles. The van der Waals surface area contributed by atoms with E-state index < -0.39 is 5.82 Å². The SMILES string of the molecule is Cc1noc(C)c1CC(=O)Nc1cc(N)ccc1F. The average molecular weight is 263 g/mol. The van der Waals surface area contributed by atoms with Gasteiger partial charge >= 0.3 is 0 Å². The van der Waals surface area contributed by atoms with Gasteiger partial charge in [0.1, 0.15) is 11.6 Å². The van der Waals surface area contributed by atoms with Crippen LogP contribution in [0.5, 0.6) is 0 Å². The number of aromatic nitrogens is 1. The Bertz CT molecular complexity index is 603. The number of nitrogens with zero attached hydrogens (tertiary/aromatic N) is 1. The summed E-state index contributed by atoms with van der Waals surface area (Å²) in [5, 5.41) is 6.24. The van der Waals surface area contributed by atoms with Gasteiger partial charge in [-0.2, -0.15) is 0 Å². The molecule has 0 aliphatic rings. The number of nitrogens with two attached hydrogens (primary N) is 1. The van der Waals surface area contributed by atoms with Crippen LogP contribution in [0.15, 0.2) is 22.7 Å². The van der Waals surface area contributed by atoms with Crippen molar-refractivity contribution in [2.24, 2.45) is 0 Å². The van der Waals surface area contributed by atoms with Gasteiger partial charge in [0, 0.05) is 11.3 Å². The number of aryl methyl sites for hydroxylation is 2. The van der Waals surface area contributed by atoms with Crippen LogP contribution in [-0.4, -0.2) is 11.1 Å². The van der Waals surface area contributed by atoms with Crippen LogP contribution in [0.25, 0.3) is 0 Å². The second-order valence-electron chi connectivity index (χ2n) is 4.27. The molecule has 1 heterocycles. The van der Waals surface area contributed by atoms with Crippen molar-refractivity contribution < 1.29 is 13.7 Å². The molecule has 0 radical (unpaired) electrons. The van der Waals surface area contributed by atoms with Crippen LogP contribution >= 0.6 is 0 Å². The van der Waals surface area contributed by atoms with Crippen LogP contribution in [0.3, 0.4) is 0 Å². The summed E-state index contributed by atoms with van der Waals surface area (Å²) < 4.78 is 18.4. The molecular formula is C13H14FN3O2. The van der Waals surface area contributed by atoms with E-state index in [0.29, 0.717) is 22.7 Å². The molecule has 0 saturated heterocycles. The third kappa shape index (κ3) is 2.90. The molecule has 0 fully saturated rings. The quantitative estimate of drug-likeness (QED) is 0.832. The van der Waals surface area contributed by atoms with E-state index in [0.717, 1.165) is 0 Å². The predicted molar refractivity (Wildman–Crippen MR) is 69.1 cm³/mol.